The van der Waals surface area contributed by atoms with Crippen LogP contribution in [-0.4, -0.2) is 13.4 Å². The number of anilines is 1. The van der Waals surface area contributed by atoms with E-state index in [0.29, 0.717) is 5.69 Å². The maximum absolute atomic E-state index is 12.7. The highest BCUT2D eigenvalue weighted by atomic mass is 32.2. The molecule has 4 aromatic rings. The second kappa shape index (κ2) is 8.04. The van der Waals surface area contributed by atoms with Crippen LogP contribution in [0.4, 0.5) is 5.69 Å². The molecule has 140 valence electrons. The van der Waals surface area contributed by atoms with Gasteiger partial charge in [-0.25, -0.2) is 8.42 Å². The Balaban J connectivity index is 1.46. The summed E-state index contributed by atoms with van der Waals surface area (Å²) in [7, 11) is -3.64. The van der Waals surface area contributed by atoms with Gasteiger partial charge in [0.25, 0.3) is 10.0 Å². The number of hydrogen-bond donors (Lipinski definition) is 1. The van der Waals surface area contributed by atoms with Crippen molar-refractivity contribution in [1.82, 2.24) is 4.98 Å². The van der Waals surface area contributed by atoms with E-state index < -0.39 is 10.0 Å². The predicted octanol–water partition coefficient (Wildman–Crippen LogP) is 5.33. The van der Waals surface area contributed by atoms with Crippen LogP contribution in [0.25, 0.3) is 10.8 Å². The highest BCUT2D eigenvalue weighted by Gasteiger charge is 2.14. The van der Waals surface area contributed by atoms with Gasteiger partial charge in [-0.2, -0.15) is 0 Å². The number of fused-ring (bicyclic) bond motifs is 1. The van der Waals surface area contributed by atoms with Crippen LogP contribution in [0.3, 0.4) is 0 Å². The molecule has 1 N–H and O–H groups in total. The lowest BCUT2D eigenvalue weighted by Crippen LogP contribution is -2.12. The average molecular weight is 407 g/mol. The van der Waals surface area contributed by atoms with Gasteiger partial charge >= 0.3 is 0 Å². The fraction of sp³-hybridized carbons (Fsp3) is 0.0455. The SMILES string of the molecule is O=S(=O)(Nc1ccc(SCc2cccnc2)cc1)c1ccc2ccccc2c1. The maximum atomic E-state index is 12.7. The molecule has 0 aliphatic rings. The Labute approximate surface area is 168 Å². The molecule has 6 heteroatoms. The van der Waals surface area contributed by atoms with Gasteiger partial charge in [-0.1, -0.05) is 36.4 Å². The quantitative estimate of drug-likeness (QED) is 0.440. The van der Waals surface area contributed by atoms with Crippen LogP contribution in [-0.2, 0) is 15.8 Å². The zero-order valence-corrected chi connectivity index (χ0v) is 16.6. The third-order valence-electron chi connectivity index (χ3n) is 4.27. The summed E-state index contributed by atoms with van der Waals surface area (Å²) in [5, 5.41) is 1.91. The van der Waals surface area contributed by atoms with Crippen LogP contribution in [0, 0.1) is 0 Å². The molecule has 0 radical (unpaired) electrons. The average Bonchev–Trinajstić information content (AvgIpc) is 2.73. The summed E-state index contributed by atoms with van der Waals surface area (Å²) in [5.41, 5.74) is 1.69. The topological polar surface area (TPSA) is 59.1 Å². The fourth-order valence-electron chi connectivity index (χ4n) is 2.82. The molecule has 4 rings (SSSR count). The van der Waals surface area contributed by atoms with E-state index in [4.69, 9.17) is 0 Å². The molecule has 0 bridgehead atoms. The Bertz CT molecular complexity index is 1190. The second-order valence-electron chi connectivity index (χ2n) is 6.29. The van der Waals surface area contributed by atoms with Crippen molar-refractivity contribution in [2.75, 3.05) is 4.72 Å². The first-order chi connectivity index (χ1) is 13.6. The standard InChI is InChI=1S/C22H18N2O2S2/c25-28(26,22-12-7-18-5-1-2-6-19(18)14-22)24-20-8-10-21(11-9-20)27-16-17-4-3-13-23-15-17/h1-15,24H,16H2. The molecule has 0 aliphatic heterocycles. The van der Waals surface area contributed by atoms with Crippen molar-refractivity contribution in [2.24, 2.45) is 0 Å². The Morgan fingerprint density at radius 2 is 1.64 bits per heavy atom. The summed E-state index contributed by atoms with van der Waals surface area (Å²) in [6.45, 7) is 0. The van der Waals surface area contributed by atoms with E-state index in [-0.39, 0.29) is 4.90 Å². The van der Waals surface area contributed by atoms with Crippen molar-refractivity contribution >= 4 is 38.2 Å². The van der Waals surface area contributed by atoms with Gasteiger partial charge < -0.3 is 0 Å². The van der Waals surface area contributed by atoms with E-state index in [2.05, 4.69) is 9.71 Å². The van der Waals surface area contributed by atoms with Crippen molar-refractivity contribution in [2.45, 2.75) is 15.5 Å². The van der Waals surface area contributed by atoms with Crippen molar-refractivity contribution in [3.8, 4) is 0 Å². The zero-order chi connectivity index (χ0) is 19.4. The highest BCUT2D eigenvalue weighted by molar-refractivity contribution is 7.98. The lowest BCUT2D eigenvalue weighted by atomic mass is 10.1. The van der Waals surface area contributed by atoms with E-state index >= 15 is 0 Å². The molecule has 1 aromatic heterocycles. The minimum absolute atomic E-state index is 0.251. The molecule has 28 heavy (non-hydrogen) atoms. The van der Waals surface area contributed by atoms with E-state index in [1.54, 1.807) is 42.2 Å². The Hall–Kier alpha value is -2.83. The molecule has 0 saturated carbocycles. The molecule has 0 spiro atoms. The van der Waals surface area contributed by atoms with Gasteiger partial charge in [-0.15, -0.1) is 11.8 Å². The van der Waals surface area contributed by atoms with E-state index in [0.717, 1.165) is 27.0 Å². The smallest absolute Gasteiger partial charge is 0.261 e. The summed E-state index contributed by atoms with van der Waals surface area (Å²) in [6.07, 6.45) is 3.60. The third kappa shape index (κ3) is 4.35. The van der Waals surface area contributed by atoms with E-state index in [9.17, 15) is 8.42 Å². The number of pyridine rings is 1. The van der Waals surface area contributed by atoms with Gasteiger partial charge in [-0.05, 0) is 58.8 Å². The van der Waals surface area contributed by atoms with Crippen molar-refractivity contribution in [3.63, 3.8) is 0 Å². The summed E-state index contributed by atoms with van der Waals surface area (Å²) in [6, 6.07) is 24.2. The number of nitrogens with zero attached hydrogens (tertiary/aromatic N) is 1. The van der Waals surface area contributed by atoms with Crippen LogP contribution in [0.1, 0.15) is 5.56 Å². The van der Waals surface area contributed by atoms with Crippen LogP contribution in [0.5, 0.6) is 0 Å². The van der Waals surface area contributed by atoms with Crippen LogP contribution < -0.4 is 4.72 Å². The second-order valence-corrected chi connectivity index (χ2v) is 9.02. The van der Waals surface area contributed by atoms with Gasteiger partial charge in [0.05, 0.1) is 4.90 Å². The van der Waals surface area contributed by atoms with Crippen molar-refractivity contribution < 1.29 is 8.42 Å². The largest absolute Gasteiger partial charge is 0.280 e. The number of aromatic nitrogens is 1. The summed E-state index contributed by atoms with van der Waals surface area (Å²) < 4.78 is 28.1. The molecule has 0 saturated heterocycles. The lowest BCUT2D eigenvalue weighted by Gasteiger charge is -2.10. The molecular weight excluding hydrogens is 388 g/mol. The van der Waals surface area contributed by atoms with Crippen LogP contribution in [0.2, 0.25) is 0 Å². The summed E-state index contributed by atoms with van der Waals surface area (Å²) in [4.78, 5) is 5.43. The molecule has 0 aliphatic carbocycles. The predicted molar refractivity (Wildman–Crippen MR) is 115 cm³/mol. The first kappa shape index (κ1) is 18.5. The first-order valence-corrected chi connectivity index (χ1v) is 11.2. The number of thioether (sulfide) groups is 1. The van der Waals surface area contributed by atoms with Gasteiger partial charge in [0.1, 0.15) is 0 Å². The monoisotopic (exact) mass is 406 g/mol. The number of sulfonamides is 1. The Morgan fingerprint density at radius 3 is 2.39 bits per heavy atom. The van der Waals surface area contributed by atoms with Crippen LogP contribution in [0.15, 0.2) is 101 Å². The highest BCUT2D eigenvalue weighted by Crippen LogP contribution is 2.26. The number of benzene rings is 3. The lowest BCUT2D eigenvalue weighted by molar-refractivity contribution is 0.601. The number of hydrogen-bond acceptors (Lipinski definition) is 4. The summed E-state index contributed by atoms with van der Waals surface area (Å²) in [5.74, 6) is 0.815. The minimum Gasteiger partial charge on any atom is -0.280 e. The third-order valence-corrected chi connectivity index (χ3v) is 6.73. The normalized spacial score (nSPS) is 11.4. The zero-order valence-electron chi connectivity index (χ0n) is 14.9. The molecule has 3 aromatic carbocycles. The molecule has 0 atom stereocenters. The molecule has 4 nitrogen and oxygen atoms in total. The fourth-order valence-corrected chi connectivity index (χ4v) is 4.74. The Kier molecular flexibility index (Phi) is 5.32. The number of rotatable bonds is 6. The molecule has 0 amide bonds. The van der Waals surface area contributed by atoms with Crippen LogP contribution >= 0.6 is 11.8 Å². The first-order valence-electron chi connectivity index (χ1n) is 8.74. The Morgan fingerprint density at radius 1 is 0.857 bits per heavy atom. The molecule has 1 heterocycles. The molecule has 0 unspecified atom stereocenters. The maximum Gasteiger partial charge on any atom is 0.261 e. The van der Waals surface area contributed by atoms with E-state index in [1.165, 1.54) is 0 Å². The van der Waals surface area contributed by atoms with Crippen molar-refractivity contribution in [3.05, 3.63) is 96.8 Å². The van der Waals surface area contributed by atoms with Gasteiger partial charge in [0.2, 0.25) is 0 Å². The van der Waals surface area contributed by atoms with Gasteiger partial charge in [0.15, 0.2) is 0 Å². The van der Waals surface area contributed by atoms with Crippen molar-refractivity contribution in [1.29, 1.82) is 0 Å². The molecular formula is C22H18N2O2S2. The number of nitrogens with one attached hydrogen (secondary N) is 1. The minimum atomic E-state index is -3.64. The summed E-state index contributed by atoms with van der Waals surface area (Å²) >= 11 is 1.68. The van der Waals surface area contributed by atoms with Gasteiger partial charge in [-0.3, -0.25) is 9.71 Å². The molecule has 0 fully saturated rings. The van der Waals surface area contributed by atoms with E-state index in [1.807, 2.05) is 60.8 Å². The van der Waals surface area contributed by atoms with Gasteiger partial charge in [0, 0.05) is 28.7 Å².